The van der Waals surface area contributed by atoms with Crippen LogP contribution in [0.25, 0.3) is 4.96 Å². The van der Waals surface area contributed by atoms with E-state index in [0.29, 0.717) is 17.5 Å². The average Bonchev–Trinajstić information content (AvgIpc) is 3.16. The number of nitrogens with one attached hydrogen (secondary N) is 2. The molecule has 0 fully saturated rings. The van der Waals surface area contributed by atoms with Gasteiger partial charge in [0.1, 0.15) is 0 Å². The summed E-state index contributed by atoms with van der Waals surface area (Å²) < 4.78 is 1.71. The second-order valence-corrected chi connectivity index (χ2v) is 6.97. The van der Waals surface area contributed by atoms with Crippen LogP contribution in [0.2, 0.25) is 0 Å². The molecule has 0 bridgehead atoms. The fourth-order valence-electron chi connectivity index (χ4n) is 2.63. The third-order valence-corrected chi connectivity index (χ3v) is 4.79. The van der Waals surface area contributed by atoms with Gasteiger partial charge in [0, 0.05) is 28.0 Å². The predicted molar refractivity (Wildman–Crippen MR) is 105 cm³/mol. The van der Waals surface area contributed by atoms with Crippen molar-refractivity contribution >= 4 is 39.8 Å². The minimum atomic E-state index is -0.264. The number of rotatable bonds is 4. The van der Waals surface area contributed by atoms with Crippen LogP contribution in [0.4, 0.5) is 17.6 Å². The lowest BCUT2D eigenvalue weighted by Gasteiger charge is -2.07. The Morgan fingerprint density at radius 1 is 1.00 bits per heavy atom. The van der Waals surface area contributed by atoms with Crippen molar-refractivity contribution in [2.24, 2.45) is 0 Å². The minimum Gasteiger partial charge on any atom is -0.324 e. The van der Waals surface area contributed by atoms with E-state index in [1.54, 1.807) is 28.8 Å². The molecule has 2 N–H and O–H groups in total. The summed E-state index contributed by atoms with van der Waals surface area (Å²) in [6.45, 7) is 5.78. The van der Waals surface area contributed by atoms with Gasteiger partial charge in [-0.3, -0.25) is 10.1 Å². The van der Waals surface area contributed by atoms with Gasteiger partial charge in [-0.25, -0.2) is 14.5 Å². The molecule has 27 heavy (non-hydrogen) atoms. The summed E-state index contributed by atoms with van der Waals surface area (Å²) >= 11 is 1.48. The van der Waals surface area contributed by atoms with E-state index in [2.05, 4.69) is 30.7 Å². The molecule has 0 aliphatic rings. The number of aryl methyl sites for hydroxylation is 3. The first-order chi connectivity index (χ1) is 13.0. The van der Waals surface area contributed by atoms with Crippen molar-refractivity contribution in [1.29, 1.82) is 0 Å². The topological polar surface area (TPSA) is 97.1 Å². The van der Waals surface area contributed by atoms with Gasteiger partial charge in [0.25, 0.3) is 11.9 Å². The van der Waals surface area contributed by atoms with Gasteiger partial charge in [-0.1, -0.05) is 0 Å². The fraction of sp³-hybridized carbons (Fsp3) is 0.167. The Labute approximate surface area is 159 Å². The zero-order valence-electron chi connectivity index (χ0n) is 15.0. The molecule has 3 heterocycles. The standard InChI is InChI=1S/C18H17N7OS/c1-10-8-11(2)20-16(19-10)21-14-6-4-13(5-7-14)15(26)22-17-23-18-25(24-17)12(3)9-27-18/h4-9H,1-3H3,(H,19,20,21)(H,22,24,26). The molecular formula is C18H17N7OS. The summed E-state index contributed by atoms with van der Waals surface area (Å²) in [5, 5.41) is 12.1. The summed E-state index contributed by atoms with van der Waals surface area (Å²) in [6, 6.07) is 8.97. The number of hydrogen-bond donors (Lipinski definition) is 2. The highest BCUT2D eigenvalue weighted by Crippen LogP contribution is 2.17. The molecule has 4 rings (SSSR count). The predicted octanol–water partition coefficient (Wildman–Crippen LogP) is 3.50. The van der Waals surface area contributed by atoms with Crippen LogP contribution < -0.4 is 10.6 Å². The van der Waals surface area contributed by atoms with Crippen LogP contribution in [0.1, 0.15) is 27.4 Å². The molecule has 8 nitrogen and oxygen atoms in total. The van der Waals surface area contributed by atoms with Gasteiger partial charge in [0.05, 0.1) is 5.69 Å². The average molecular weight is 379 g/mol. The van der Waals surface area contributed by atoms with Gasteiger partial charge in [0.2, 0.25) is 10.9 Å². The van der Waals surface area contributed by atoms with Crippen molar-refractivity contribution in [2.45, 2.75) is 20.8 Å². The van der Waals surface area contributed by atoms with Crippen molar-refractivity contribution in [1.82, 2.24) is 24.6 Å². The van der Waals surface area contributed by atoms with Crippen molar-refractivity contribution in [3.8, 4) is 0 Å². The molecule has 0 aliphatic carbocycles. The number of carbonyl (C=O) groups excluding carboxylic acids is 1. The van der Waals surface area contributed by atoms with E-state index in [0.717, 1.165) is 27.7 Å². The smallest absolute Gasteiger partial charge is 0.258 e. The van der Waals surface area contributed by atoms with Gasteiger partial charge in [-0.2, -0.15) is 4.98 Å². The zero-order valence-corrected chi connectivity index (χ0v) is 15.8. The van der Waals surface area contributed by atoms with E-state index >= 15 is 0 Å². The number of thiazole rings is 1. The summed E-state index contributed by atoms with van der Waals surface area (Å²) in [6.07, 6.45) is 0. The van der Waals surface area contributed by atoms with E-state index in [1.165, 1.54) is 11.3 Å². The van der Waals surface area contributed by atoms with Crippen molar-refractivity contribution < 1.29 is 4.79 Å². The molecule has 4 aromatic rings. The van der Waals surface area contributed by atoms with E-state index < -0.39 is 0 Å². The van der Waals surface area contributed by atoms with Gasteiger partial charge in [-0.15, -0.1) is 16.4 Å². The maximum atomic E-state index is 12.4. The second-order valence-electron chi connectivity index (χ2n) is 6.14. The Hall–Kier alpha value is -3.33. The SMILES string of the molecule is Cc1cc(C)nc(Nc2ccc(C(=O)Nc3nc4scc(C)n4n3)cc2)n1. The number of benzene rings is 1. The fourth-order valence-corrected chi connectivity index (χ4v) is 3.43. The molecule has 9 heteroatoms. The number of carbonyl (C=O) groups is 1. The highest BCUT2D eigenvalue weighted by molar-refractivity contribution is 7.15. The number of amides is 1. The minimum absolute atomic E-state index is 0.264. The molecule has 0 saturated heterocycles. The third-order valence-electron chi connectivity index (χ3n) is 3.86. The van der Waals surface area contributed by atoms with E-state index in [4.69, 9.17) is 0 Å². The summed E-state index contributed by atoms with van der Waals surface area (Å²) in [7, 11) is 0. The van der Waals surface area contributed by atoms with Gasteiger partial charge < -0.3 is 5.32 Å². The monoisotopic (exact) mass is 379 g/mol. The molecule has 1 amide bonds. The maximum absolute atomic E-state index is 12.4. The Morgan fingerprint density at radius 3 is 2.37 bits per heavy atom. The first-order valence-corrected chi connectivity index (χ1v) is 9.17. The lowest BCUT2D eigenvalue weighted by Crippen LogP contribution is -2.13. The highest BCUT2D eigenvalue weighted by atomic mass is 32.1. The van der Waals surface area contributed by atoms with Crippen molar-refractivity contribution in [2.75, 3.05) is 10.6 Å². The lowest BCUT2D eigenvalue weighted by molar-refractivity contribution is 0.102. The largest absolute Gasteiger partial charge is 0.324 e. The van der Waals surface area contributed by atoms with Crippen LogP contribution in [0.15, 0.2) is 35.7 Å². The van der Waals surface area contributed by atoms with Gasteiger partial charge in [-0.05, 0) is 51.1 Å². The number of hydrogen-bond acceptors (Lipinski definition) is 7. The molecular weight excluding hydrogens is 362 g/mol. The molecule has 0 aliphatic heterocycles. The summed E-state index contributed by atoms with van der Waals surface area (Å²) in [5.74, 6) is 0.559. The second kappa shape index (κ2) is 6.76. The van der Waals surface area contributed by atoms with Crippen LogP contribution in [-0.4, -0.2) is 30.5 Å². The van der Waals surface area contributed by atoms with E-state index in [9.17, 15) is 4.79 Å². The lowest BCUT2D eigenvalue weighted by atomic mass is 10.2. The van der Waals surface area contributed by atoms with E-state index in [-0.39, 0.29) is 5.91 Å². The molecule has 0 saturated carbocycles. The molecule has 3 aromatic heterocycles. The van der Waals surface area contributed by atoms with Crippen LogP contribution in [0.3, 0.4) is 0 Å². The Kier molecular flexibility index (Phi) is 4.28. The number of aromatic nitrogens is 5. The first kappa shape index (κ1) is 17.1. The van der Waals surface area contributed by atoms with Gasteiger partial charge in [0.15, 0.2) is 0 Å². The normalized spacial score (nSPS) is 10.9. The Balaban J connectivity index is 1.46. The Morgan fingerprint density at radius 2 is 1.70 bits per heavy atom. The van der Waals surface area contributed by atoms with Crippen LogP contribution >= 0.6 is 11.3 Å². The van der Waals surface area contributed by atoms with Crippen LogP contribution in [0, 0.1) is 20.8 Å². The molecule has 0 unspecified atom stereocenters. The van der Waals surface area contributed by atoms with Crippen molar-refractivity contribution in [3.63, 3.8) is 0 Å². The van der Waals surface area contributed by atoms with Crippen LogP contribution in [0.5, 0.6) is 0 Å². The van der Waals surface area contributed by atoms with E-state index in [1.807, 2.05) is 32.2 Å². The molecule has 1 aromatic carbocycles. The molecule has 136 valence electrons. The summed E-state index contributed by atoms with van der Waals surface area (Å²) in [5.41, 5.74) is 4.07. The van der Waals surface area contributed by atoms with Crippen LogP contribution in [-0.2, 0) is 0 Å². The quantitative estimate of drug-likeness (QED) is 0.563. The van der Waals surface area contributed by atoms with Crippen molar-refractivity contribution in [3.05, 3.63) is 58.4 Å². The third kappa shape index (κ3) is 3.63. The highest BCUT2D eigenvalue weighted by Gasteiger charge is 2.12. The number of anilines is 3. The Bertz CT molecular complexity index is 1110. The number of fused-ring (bicyclic) bond motifs is 1. The maximum Gasteiger partial charge on any atom is 0.258 e. The number of nitrogens with zero attached hydrogens (tertiary/aromatic N) is 5. The summed E-state index contributed by atoms with van der Waals surface area (Å²) in [4.78, 5) is 26.2. The first-order valence-electron chi connectivity index (χ1n) is 8.29. The van der Waals surface area contributed by atoms with Gasteiger partial charge >= 0.3 is 0 Å². The molecule has 0 spiro atoms. The molecule has 0 atom stereocenters. The molecule has 0 radical (unpaired) electrons. The zero-order chi connectivity index (χ0) is 19.0.